The molecule has 0 amide bonds. The number of carboxylic acid groups (broad SMARTS) is 1. The number of hydrogen-bond donors (Lipinski definition) is 1. The number of ether oxygens (including phenoxy) is 2. The van der Waals surface area contributed by atoms with Crippen molar-refractivity contribution in [1.82, 2.24) is 0 Å². The van der Waals surface area contributed by atoms with Gasteiger partial charge in [0.1, 0.15) is 11.3 Å². The van der Waals surface area contributed by atoms with Gasteiger partial charge >= 0.3 is 17.9 Å². The van der Waals surface area contributed by atoms with Crippen molar-refractivity contribution in [3.63, 3.8) is 0 Å². The lowest BCUT2D eigenvalue weighted by molar-refractivity contribution is -0.147. The molecular formula is C17H18O6. The summed E-state index contributed by atoms with van der Waals surface area (Å²) in [5.41, 5.74) is -0.0111. The van der Waals surface area contributed by atoms with E-state index in [-0.39, 0.29) is 11.9 Å². The van der Waals surface area contributed by atoms with Crippen LogP contribution in [0.5, 0.6) is 5.75 Å². The van der Waals surface area contributed by atoms with Crippen molar-refractivity contribution in [2.45, 2.75) is 26.4 Å². The SMILES string of the molecule is C=CC(=O)Oc1ccc(C=C(C(=O)O)C(=O)OC(C)CC)cc1. The van der Waals surface area contributed by atoms with Gasteiger partial charge in [0, 0.05) is 6.08 Å². The molecule has 0 aromatic heterocycles. The highest BCUT2D eigenvalue weighted by molar-refractivity contribution is 6.17. The Morgan fingerprint density at radius 3 is 2.35 bits per heavy atom. The van der Waals surface area contributed by atoms with Crippen molar-refractivity contribution in [2.75, 3.05) is 0 Å². The minimum absolute atomic E-state index is 0.283. The van der Waals surface area contributed by atoms with Crippen LogP contribution in [0.4, 0.5) is 0 Å². The summed E-state index contributed by atoms with van der Waals surface area (Å²) in [6.07, 6.45) is 2.45. The second kappa shape index (κ2) is 8.53. The molecule has 1 rings (SSSR count). The van der Waals surface area contributed by atoms with Gasteiger partial charge in [-0.25, -0.2) is 14.4 Å². The molecule has 1 N–H and O–H groups in total. The topological polar surface area (TPSA) is 89.9 Å². The smallest absolute Gasteiger partial charge is 0.345 e. The van der Waals surface area contributed by atoms with E-state index < -0.39 is 23.5 Å². The van der Waals surface area contributed by atoms with Crippen LogP contribution < -0.4 is 4.74 Å². The molecular weight excluding hydrogens is 300 g/mol. The zero-order valence-electron chi connectivity index (χ0n) is 12.9. The highest BCUT2D eigenvalue weighted by Gasteiger charge is 2.20. The Bertz CT molecular complexity index is 627. The Balaban J connectivity index is 2.95. The van der Waals surface area contributed by atoms with Crippen LogP contribution in [0.1, 0.15) is 25.8 Å². The normalized spacial score (nSPS) is 12.2. The monoisotopic (exact) mass is 318 g/mol. The van der Waals surface area contributed by atoms with E-state index in [4.69, 9.17) is 14.6 Å². The van der Waals surface area contributed by atoms with Gasteiger partial charge in [0.25, 0.3) is 0 Å². The molecule has 122 valence electrons. The molecule has 0 fully saturated rings. The maximum absolute atomic E-state index is 11.9. The summed E-state index contributed by atoms with van der Waals surface area (Å²) in [7, 11) is 0. The van der Waals surface area contributed by atoms with E-state index in [1.54, 1.807) is 6.92 Å². The third kappa shape index (κ3) is 5.78. The van der Waals surface area contributed by atoms with Crippen LogP contribution in [0.3, 0.4) is 0 Å². The van der Waals surface area contributed by atoms with Crippen LogP contribution >= 0.6 is 0 Å². The fourth-order valence-corrected chi connectivity index (χ4v) is 1.49. The first-order chi connectivity index (χ1) is 10.9. The predicted molar refractivity (Wildman–Crippen MR) is 83.7 cm³/mol. The molecule has 1 atom stereocenters. The van der Waals surface area contributed by atoms with Gasteiger partial charge in [0.15, 0.2) is 0 Å². The van der Waals surface area contributed by atoms with Crippen LogP contribution in [-0.4, -0.2) is 29.1 Å². The van der Waals surface area contributed by atoms with E-state index in [2.05, 4.69) is 6.58 Å². The van der Waals surface area contributed by atoms with Crippen LogP contribution in [0, 0.1) is 0 Å². The number of esters is 2. The molecule has 6 nitrogen and oxygen atoms in total. The van der Waals surface area contributed by atoms with Crippen LogP contribution in [0.15, 0.2) is 42.5 Å². The summed E-state index contributed by atoms with van der Waals surface area (Å²) in [6, 6.07) is 6.00. The molecule has 1 aromatic carbocycles. The first-order valence-corrected chi connectivity index (χ1v) is 6.97. The lowest BCUT2D eigenvalue weighted by Gasteiger charge is -2.11. The summed E-state index contributed by atoms with van der Waals surface area (Å²) in [6.45, 7) is 6.79. The Morgan fingerprint density at radius 2 is 1.87 bits per heavy atom. The van der Waals surface area contributed by atoms with Crippen LogP contribution in [0.2, 0.25) is 0 Å². The number of carboxylic acids is 1. The maximum atomic E-state index is 11.9. The van der Waals surface area contributed by atoms with Gasteiger partial charge in [-0.1, -0.05) is 25.6 Å². The quantitative estimate of drug-likeness (QED) is 0.273. The van der Waals surface area contributed by atoms with E-state index in [1.807, 2.05) is 6.92 Å². The number of benzene rings is 1. The molecule has 0 radical (unpaired) electrons. The second-order valence-corrected chi connectivity index (χ2v) is 4.68. The third-order valence-electron chi connectivity index (χ3n) is 2.91. The molecule has 0 aliphatic heterocycles. The van der Waals surface area contributed by atoms with Crippen molar-refractivity contribution in [1.29, 1.82) is 0 Å². The van der Waals surface area contributed by atoms with E-state index in [9.17, 15) is 14.4 Å². The van der Waals surface area contributed by atoms with Gasteiger partial charge in [-0.15, -0.1) is 0 Å². The molecule has 0 aliphatic carbocycles. The Hall–Kier alpha value is -2.89. The van der Waals surface area contributed by atoms with Gasteiger partial charge in [-0.05, 0) is 37.1 Å². The van der Waals surface area contributed by atoms with E-state index in [0.29, 0.717) is 12.0 Å². The van der Waals surface area contributed by atoms with Gasteiger partial charge in [0.05, 0.1) is 6.10 Å². The van der Waals surface area contributed by atoms with Crippen LogP contribution in [-0.2, 0) is 19.1 Å². The molecule has 0 heterocycles. The summed E-state index contributed by atoms with van der Waals surface area (Å²) >= 11 is 0. The zero-order chi connectivity index (χ0) is 17.4. The summed E-state index contributed by atoms with van der Waals surface area (Å²) in [5, 5.41) is 9.15. The first kappa shape index (κ1) is 18.2. The Morgan fingerprint density at radius 1 is 1.26 bits per heavy atom. The average Bonchev–Trinajstić information content (AvgIpc) is 2.53. The number of hydrogen-bond acceptors (Lipinski definition) is 5. The van der Waals surface area contributed by atoms with E-state index in [1.165, 1.54) is 30.3 Å². The molecule has 23 heavy (non-hydrogen) atoms. The minimum Gasteiger partial charge on any atom is -0.477 e. The van der Waals surface area contributed by atoms with E-state index in [0.717, 1.165) is 6.08 Å². The van der Waals surface area contributed by atoms with Gasteiger partial charge < -0.3 is 14.6 Å². The van der Waals surface area contributed by atoms with E-state index >= 15 is 0 Å². The molecule has 0 spiro atoms. The Labute approximate surface area is 134 Å². The van der Waals surface area contributed by atoms with Crippen molar-refractivity contribution in [3.05, 3.63) is 48.1 Å². The third-order valence-corrected chi connectivity index (χ3v) is 2.91. The first-order valence-electron chi connectivity index (χ1n) is 6.97. The molecule has 0 saturated carbocycles. The van der Waals surface area contributed by atoms with Gasteiger partial charge in [-0.2, -0.15) is 0 Å². The summed E-state index contributed by atoms with van der Waals surface area (Å²) in [4.78, 5) is 34.1. The lowest BCUT2D eigenvalue weighted by Crippen LogP contribution is -2.20. The molecule has 0 bridgehead atoms. The summed E-state index contributed by atoms with van der Waals surface area (Å²) in [5.74, 6) is -2.59. The number of carbonyl (C=O) groups is 3. The second-order valence-electron chi connectivity index (χ2n) is 4.68. The van der Waals surface area contributed by atoms with Crippen molar-refractivity contribution < 1.29 is 29.0 Å². The average molecular weight is 318 g/mol. The highest BCUT2D eigenvalue weighted by Crippen LogP contribution is 2.16. The number of carbonyl (C=O) groups excluding carboxylic acids is 2. The highest BCUT2D eigenvalue weighted by atomic mass is 16.5. The molecule has 1 unspecified atom stereocenters. The standard InChI is InChI=1S/C17H18O6/c1-4-11(3)22-17(21)14(16(19)20)10-12-6-8-13(9-7-12)23-15(18)5-2/h5-11H,2,4H2,1,3H3,(H,19,20). The zero-order valence-corrected chi connectivity index (χ0v) is 12.9. The summed E-state index contributed by atoms with van der Waals surface area (Å²) < 4.78 is 9.92. The largest absolute Gasteiger partial charge is 0.477 e. The molecule has 0 aliphatic rings. The van der Waals surface area contributed by atoms with Crippen molar-refractivity contribution >= 4 is 24.0 Å². The molecule has 6 heteroatoms. The van der Waals surface area contributed by atoms with Crippen molar-refractivity contribution in [3.8, 4) is 5.75 Å². The molecule has 0 saturated heterocycles. The maximum Gasteiger partial charge on any atom is 0.345 e. The number of rotatable bonds is 7. The minimum atomic E-state index is -1.37. The lowest BCUT2D eigenvalue weighted by atomic mass is 10.1. The molecule has 1 aromatic rings. The Kier molecular flexibility index (Phi) is 6.73. The van der Waals surface area contributed by atoms with Crippen LogP contribution in [0.25, 0.3) is 6.08 Å². The van der Waals surface area contributed by atoms with Gasteiger partial charge in [-0.3, -0.25) is 0 Å². The fraction of sp³-hybridized carbons (Fsp3) is 0.235. The van der Waals surface area contributed by atoms with Gasteiger partial charge in [0.2, 0.25) is 0 Å². The van der Waals surface area contributed by atoms with Crippen molar-refractivity contribution in [2.24, 2.45) is 0 Å². The fourth-order valence-electron chi connectivity index (χ4n) is 1.49. The number of aliphatic carboxylic acids is 1. The predicted octanol–water partition coefficient (Wildman–Crippen LogP) is 2.59.